The molecule has 0 aromatic carbocycles. The lowest BCUT2D eigenvalue weighted by Crippen LogP contribution is -1.99. The van der Waals surface area contributed by atoms with Crippen molar-refractivity contribution in [2.75, 3.05) is 0 Å². The molecule has 2 rings (SSSR count). The van der Waals surface area contributed by atoms with Crippen molar-refractivity contribution in [1.82, 2.24) is 14.8 Å². The van der Waals surface area contributed by atoms with E-state index >= 15 is 0 Å². The van der Waals surface area contributed by atoms with E-state index < -0.39 is 0 Å². The normalized spacial score (nSPS) is 9.64. The molecule has 0 saturated heterocycles. The third kappa shape index (κ3) is 1.80. The summed E-state index contributed by atoms with van der Waals surface area (Å²) in [6.45, 7) is 0.726. The van der Waals surface area contributed by atoms with Gasteiger partial charge in [-0.25, -0.2) is 0 Å². The maximum atomic E-state index is 5.24. The van der Waals surface area contributed by atoms with Crippen LogP contribution in [0.1, 0.15) is 11.1 Å². The largest absolute Gasteiger partial charge is 0.267 e. The first-order chi connectivity index (χ1) is 6.88. The van der Waals surface area contributed by atoms with E-state index in [4.69, 9.17) is 6.42 Å². The van der Waals surface area contributed by atoms with Crippen LogP contribution in [0.2, 0.25) is 0 Å². The van der Waals surface area contributed by atoms with Crippen LogP contribution in [-0.4, -0.2) is 14.8 Å². The van der Waals surface area contributed by atoms with Crippen LogP contribution in [0.15, 0.2) is 36.9 Å². The zero-order valence-corrected chi connectivity index (χ0v) is 7.59. The van der Waals surface area contributed by atoms with Gasteiger partial charge in [0.15, 0.2) is 0 Å². The van der Waals surface area contributed by atoms with E-state index in [1.54, 1.807) is 18.6 Å². The number of rotatable bonds is 2. The molecule has 0 aliphatic rings. The predicted molar refractivity (Wildman–Crippen MR) is 53.5 cm³/mol. The fraction of sp³-hybridized carbons (Fsp3) is 0.0909. The van der Waals surface area contributed by atoms with E-state index in [1.165, 1.54) is 0 Å². The zero-order chi connectivity index (χ0) is 9.80. The molecule has 2 heterocycles. The summed E-state index contributed by atoms with van der Waals surface area (Å²) in [7, 11) is 0. The van der Waals surface area contributed by atoms with Gasteiger partial charge in [-0.1, -0.05) is 5.92 Å². The molecule has 14 heavy (non-hydrogen) atoms. The van der Waals surface area contributed by atoms with Crippen LogP contribution in [0, 0.1) is 12.3 Å². The second-order valence-electron chi connectivity index (χ2n) is 2.93. The Balaban J connectivity index is 2.16. The lowest BCUT2D eigenvalue weighted by atomic mass is 10.3. The molecule has 0 radical (unpaired) electrons. The van der Waals surface area contributed by atoms with Gasteiger partial charge in [0.2, 0.25) is 0 Å². The van der Waals surface area contributed by atoms with Crippen molar-refractivity contribution >= 4 is 0 Å². The van der Waals surface area contributed by atoms with Gasteiger partial charge in [0.25, 0.3) is 0 Å². The van der Waals surface area contributed by atoms with Gasteiger partial charge in [0.1, 0.15) is 0 Å². The van der Waals surface area contributed by atoms with Crippen LogP contribution >= 0.6 is 0 Å². The molecule has 0 saturated carbocycles. The molecule has 0 aliphatic heterocycles. The van der Waals surface area contributed by atoms with Crippen LogP contribution in [0.3, 0.4) is 0 Å². The maximum absolute atomic E-state index is 5.24. The number of pyridine rings is 1. The maximum Gasteiger partial charge on any atom is 0.0660 e. The highest BCUT2D eigenvalue weighted by Crippen LogP contribution is 2.01. The average molecular weight is 183 g/mol. The summed E-state index contributed by atoms with van der Waals surface area (Å²) in [5.74, 6) is 2.54. The van der Waals surface area contributed by atoms with Crippen LogP contribution in [0.5, 0.6) is 0 Å². The van der Waals surface area contributed by atoms with Crippen molar-refractivity contribution in [3.8, 4) is 12.3 Å². The minimum Gasteiger partial charge on any atom is -0.267 e. The Bertz CT molecular complexity index is 451. The van der Waals surface area contributed by atoms with Gasteiger partial charge in [0, 0.05) is 18.6 Å². The molecule has 0 unspecified atom stereocenters. The van der Waals surface area contributed by atoms with Crippen molar-refractivity contribution in [2.45, 2.75) is 6.54 Å². The zero-order valence-electron chi connectivity index (χ0n) is 7.59. The third-order valence-corrected chi connectivity index (χ3v) is 1.89. The molecule has 0 fully saturated rings. The molecule has 0 atom stereocenters. The van der Waals surface area contributed by atoms with E-state index in [0.717, 1.165) is 17.7 Å². The van der Waals surface area contributed by atoms with Crippen molar-refractivity contribution in [1.29, 1.82) is 0 Å². The van der Waals surface area contributed by atoms with Crippen molar-refractivity contribution in [3.63, 3.8) is 0 Å². The van der Waals surface area contributed by atoms with Gasteiger partial charge in [-0.05, 0) is 17.7 Å². The average Bonchev–Trinajstić information content (AvgIpc) is 2.67. The monoisotopic (exact) mass is 183 g/mol. The molecule has 68 valence electrons. The van der Waals surface area contributed by atoms with Crippen molar-refractivity contribution in [3.05, 3.63) is 48.0 Å². The van der Waals surface area contributed by atoms with E-state index in [-0.39, 0.29) is 0 Å². The summed E-state index contributed by atoms with van der Waals surface area (Å²) in [5, 5.41) is 4.14. The summed E-state index contributed by atoms with van der Waals surface area (Å²) < 4.78 is 1.81. The molecule has 0 amide bonds. The third-order valence-electron chi connectivity index (χ3n) is 1.89. The van der Waals surface area contributed by atoms with Gasteiger partial charge in [-0.15, -0.1) is 6.42 Å². The summed E-state index contributed by atoms with van der Waals surface area (Å²) in [4.78, 5) is 3.95. The SMILES string of the molecule is C#Cc1cnn(Cc2ccncc2)c1. The highest BCUT2D eigenvalue weighted by atomic mass is 15.3. The van der Waals surface area contributed by atoms with Crippen LogP contribution in [-0.2, 0) is 6.54 Å². The molecular weight excluding hydrogens is 174 g/mol. The van der Waals surface area contributed by atoms with E-state index in [2.05, 4.69) is 16.0 Å². The number of aromatic nitrogens is 3. The smallest absolute Gasteiger partial charge is 0.0660 e. The molecule has 3 nitrogen and oxygen atoms in total. The van der Waals surface area contributed by atoms with Gasteiger partial charge >= 0.3 is 0 Å². The molecule has 0 aliphatic carbocycles. The quantitative estimate of drug-likeness (QED) is 0.657. The van der Waals surface area contributed by atoms with E-state index in [9.17, 15) is 0 Å². The summed E-state index contributed by atoms with van der Waals surface area (Å²) in [5.41, 5.74) is 1.96. The minimum absolute atomic E-state index is 0.726. The fourth-order valence-electron chi connectivity index (χ4n) is 1.20. The summed E-state index contributed by atoms with van der Waals surface area (Å²) in [6, 6.07) is 3.91. The summed E-state index contributed by atoms with van der Waals surface area (Å²) in [6.07, 6.45) is 12.3. The molecule has 2 aromatic heterocycles. The number of hydrogen-bond donors (Lipinski definition) is 0. The second kappa shape index (κ2) is 3.75. The highest BCUT2D eigenvalue weighted by molar-refractivity contribution is 5.26. The van der Waals surface area contributed by atoms with Gasteiger partial charge in [-0.2, -0.15) is 5.10 Å². The Morgan fingerprint density at radius 2 is 2.14 bits per heavy atom. The summed E-state index contributed by atoms with van der Waals surface area (Å²) >= 11 is 0. The Morgan fingerprint density at radius 3 is 2.79 bits per heavy atom. The van der Waals surface area contributed by atoms with Crippen molar-refractivity contribution in [2.24, 2.45) is 0 Å². The van der Waals surface area contributed by atoms with E-state index in [1.807, 2.05) is 23.0 Å². The number of hydrogen-bond acceptors (Lipinski definition) is 2. The number of terminal acetylenes is 1. The lowest BCUT2D eigenvalue weighted by Gasteiger charge is -1.99. The second-order valence-corrected chi connectivity index (χ2v) is 2.93. The van der Waals surface area contributed by atoms with Gasteiger partial charge < -0.3 is 0 Å². The van der Waals surface area contributed by atoms with Crippen LogP contribution in [0.4, 0.5) is 0 Å². The first-order valence-electron chi connectivity index (χ1n) is 4.26. The molecule has 2 aromatic rings. The highest BCUT2D eigenvalue weighted by Gasteiger charge is 1.96. The first kappa shape index (κ1) is 8.52. The molecule has 0 spiro atoms. The van der Waals surface area contributed by atoms with Gasteiger partial charge in [-0.3, -0.25) is 9.67 Å². The molecule has 0 N–H and O–H groups in total. The fourth-order valence-corrected chi connectivity index (χ4v) is 1.20. The van der Waals surface area contributed by atoms with E-state index in [0.29, 0.717) is 0 Å². The first-order valence-corrected chi connectivity index (χ1v) is 4.26. The van der Waals surface area contributed by atoms with Gasteiger partial charge in [0.05, 0.1) is 18.3 Å². The van der Waals surface area contributed by atoms with Crippen LogP contribution < -0.4 is 0 Å². The predicted octanol–water partition coefficient (Wildman–Crippen LogP) is 1.31. The lowest BCUT2D eigenvalue weighted by molar-refractivity contribution is 0.686. The Kier molecular flexibility index (Phi) is 2.28. The Labute approximate surface area is 82.4 Å². The topological polar surface area (TPSA) is 30.7 Å². The minimum atomic E-state index is 0.726. The number of nitrogens with zero attached hydrogens (tertiary/aromatic N) is 3. The standard InChI is InChI=1S/C11H9N3/c1-2-10-7-13-14(8-10)9-11-3-5-12-6-4-11/h1,3-8H,9H2. The molecule has 3 heteroatoms. The Hall–Kier alpha value is -2.08. The Morgan fingerprint density at radius 1 is 1.36 bits per heavy atom. The van der Waals surface area contributed by atoms with Crippen LogP contribution in [0.25, 0.3) is 0 Å². The molecular formula is C11H9N3. The molecule has 0 bridgehead atoms. The van der Waals surface area contributed by atoms with Crippen molar-refractivity contribution < 1.29 is 0 Å².